The molecule has 0 bridgehead atoms. The molecule has 0 aliphatic carbocycles. The van der Waals surface area contributed by atoms with E-state index < -0.39 is 36.9 Å². The molecular weight excluding hydrogens is 202 g/mol. The Kier molecular flexibility index (Phi) is 4.05. The van der Waals surface area contributed by atoms with Gasteiger partial charge < -0.3 is 25.4 Å². The largest absolute Gasteiger partial charge is 0.394 e. The lowest BCUT2D eigenvalue weighted by Crippen LogP contribution is -2.59. The maximum Gasteiger partial charge on any atom is 0.296 e. The molecule has 1 saturated heterocycles. The molecule has 0 spiro atoms. The molecule has 0 aromatic rings. The molecule has 1 amide bonds. The molecule has 0 aromatic carbocycles. The van der Waals surface area contributed by atoms with E-state index in [0.717, 1.165) is 0 Å². The third-order valence-corrected chi connectivity index (χ3v) is 2.26. The van der Waals surface area contributed by atoms with E-state index in [-0.39, 0.29) is 6.61 Å². The van der Waals surface area contributed by atoms with Crippen molar-refractivity contribution in [3.05, 3.63) is 0 Å². The number of hydrogen-bond donors (Lipinski definition) is 4. The van der Waals surface area contributed by atoms with Gasteiger partial charge in [0.05, 0.1) is 19.3 Å². The van der Waals surface area contributed by atoms with E-state index in [1.54, 1.807) is 0 Å². The fourth-order valence-corrected chi connectivity index (χ4v) is 1.38. The van der Waals surface area contributed by atoms with E-state index in [0.29, 0.717) is 0 Å². The monoisotopic (exact) mass is 215 g/mol. The Hall–Kier alpha value is -1.13. The van der Waals surface area contributed by atoms with Crippen molar-refractivity contribution in [1.82, 2.24) is 5.32 Å². The minimum absolute atomic E-state index is 0.00310. The van der Waals surface area contributed by atoms with Crippen molar-refractivity contribution in [3.63, 3.8) is 0 Å². The zero-order chi connectivity index (χ0) is 11.4. The molecule has 0 aromatic heterocycles. The van der Waals surface area contributed by atoms with Crippen LogP contribution in [0, 0.1) is 12.3 Å². The van der Waals surface area contributed by atoms with Gasteiger partial charge in [0.2, 0.25) is 0 Å². The van der Waals surface area contributed by atoms with Crippen molar-refractivity contribution in [3.8, 4) is 12.3 Å². The first kappa shape index (κ1) is 11.9. The molecule has 0 saturated carbocycles. The van der Waals surface area contributed by atoms with Crippen molar-refractivity contribution in [2.75, 3.05) is 13.2 Å². The Morgan fingerprint density at radius 2 is 2.20 bits per heavy atom. The highest BCUT2D eigenvalue weighted by atomic mass is 16.5. The summed E-state index contributed by atoms with van der Waals surface area (Å²) in [5.41, 5.74) is 0. The molecule has 1 aliphatic rings. The van der Waals surface area contributed by atoms with Crippen molar-refractivity contribution >= 4 is 5.91 Å². The molecule has 6 nitrogen and oxygen atoms in total. The number of terminal acetylenes is 1. The number of rotatable bonds is 2. The van der Waals surface area contributed by atoms with Crippen molar-refractivity contribution in [1.29, 1.82) is 0 Å². The number of amides is 1. The maximum absolute atomic E-state index is 10.8. The Bertz CT molecular complexity index is 274. The zero-order valence-corrected chi connectivity index (χ0v) is 7.96. The van der Waals surface area contributed by atoms with Gasteiger partial charge in [-0.2, -0.15) is 0 Å². The summed E-state index contributed by atoms with van der Waals surface area (Å²) in [4.78, 5) is 10.8. The standard InChI is InChI=1S/C9H13NO5/c1-2-7(12)10-5-4-15-6(3-11)9(14)8(5)13/h1,5-6,8-9,11,13-14H,3-4H2,(H,10,12). The van der Waals surface area contributed by atoms with E-state index >= 15 is 0 Å². The molecule has 1 rings (SSSR count). The topological polar surface area (TPSA) is 99.0 Å². The predicted octanol–water partition coefficient (Wildman–Crippen LogP) is -2.78. The fourth-order valence-electron chi connectivity index (χ4n) is 1.38. The highest BCUT2D eigenvalue weighted by Crippen LogP contribution is 2.15. The second kappa shape index (κ2) is 5.09. The molecule has 15 heavy (non-hydrogen) atoms. The summed E-state index contributed by atoms with van der Waals surface area (Å²) in [7, 11) is 0. The number of nitrogens with one attached hydrogen (secondary N) is 1. The molecule has 4 atom stereocenters. The van der Waals surface area contributed by atoms with Gasteiger partial charge in [0, 0.05) is 0 Å². The second-order valence-corrected chi connectivity index (χ2v) is 3.26. The van der Waals surface area contributed by atoms with Crippen LogP contribution in [0.5, 0.6) is 0 Å². The van der Waals surface area contributed by atoms with E-state index in [4.69, 9.17) is 16.3 Å². The number of carbonyl (C=O) groups excluding carboxylic acids is 1. The van der Waals surface area contributed by atoms with Gasteiger partial charge in [-0.3, -0.25) is 4.79 Å². The summed E-state index contributed by atoms with van der Waals surface area (Å²) in [5, 5.41) is 30.1. The van der Waals surface area contributed by atoms with Crippen molar-refractivity contribution in [2.45, 2.75) is 24.4 Å². The molecule has 0 radical (unpaired) electrons. The Labute approximate surface area is 86.9 Å². The fraction of sp³-hybridized carbons (Fsp3) is 0.667. The number of carbonyl (C=O) groups is 1. The Balaban J connectivity index is 2.57. The molecule has 6 heteroatoms. The van der Waals surface area contributed by atoms with E-state index in [1.165, 1.54) is 0 Å². The predicted molar refractivity (Wildman–Crippen MR) is 49.6 cm³/mol. The lowest BCUT2D eigenvalue weighted by molar-refractivity contribution is -0.163. The molecule has 1 fully saturated rings. The van der Waals surface area contributed by atoms with Crippen LogP contribution >= 0.6 is 0 Å². The third kappa shape index (κ3) is 2.67. The van der Waals surface area contributed by atoms with Crippen molar-refractivity contribution < 1.29 is 24.9 Å². The summed E-state index contributed by atoms with van der Waals surface area (Å²) < 4.78 is 5.02. The van der Waals surface area contributed by atoms with Gasteiger partial charge >= 0.3 is 0 Å². The summed E-state index contributed by atoms with van der Waals surface area (Å²) in [5.74, 6) is 1.14. The normalized spacial score (nSPS) is 35.6. The summed E-state index contributed by atoms with van der Waals surface area (Å²) in [6.45, 7) is -0.398. The average Bonchev–Trinajstić information content (AvgIpc) is 2.25. The van der Waals surface area contributed by atoms with Crippen LogP contribution in [0.1, 0.15) is 0 Å². The third-order valence-electron chi connectivity index (χ3n) is 2.26. The quantitative estimate of drug-likeness (QED) is 0.373. The van der Waals surface area contributed by atoms with Crippen LogP contribution in [0.3, 0.4) is 0 Å². The Morgan fingerprint density at radius 1 is 1.53 bits per heavy atom. The van der Waals surface area contributed by atoms with Crippen LogP contribution < -0.4 is 5.32 Å². The number of hydrogen-bond acceptors (Lipinski definition) is 5. The highest BCUT2D eigenvalue weighted by Gasteiger charge is 2.38. The van der Waals surface area contributed by atoms with E-state index in [9.17, 15) is 15.0 Å². The summed E-state index contributed by atoms with van der Waals surface area (Å²) >= 11 is 0. The van der Waals surface area contributed by atoms with Gasteiger partial charge in [-0.25, -0.2) is 0 Å². The van der Waals surface area contributed by atoms with Gasteiger partial charge in [-0.1, -0.05) is 0 Å². The number of ether oxygens (including phenoxy) is 1. The maximum atomic E-state index is 10.8. The summed E-state index contributed by atoms with van der Waals surface area (Å²) in [6, 6.07) is -0.758. The minimum Gasteiger partial charge on any atom is -0.394 e. The molecule has 1 aliphatic heterocycles. The highest BCUT2D eigenvalue weighted by molar-refractivity contribution is 5.93. The van der Waals surface area contributed by atoms with Crippen LogP contribution in [0.25, 0.3) is 0 Å². The van der Waals surface area contributed by atoms with Gasteiger partial charge in [-0.05, 0) is 5.92 Å². The van der Waals surface area contributed by atoms with Gasteiger partial charge in [0.15, 0.2) is 0 Å². The van der Waals surface area contributed by atoms with Crippen LogP contribution in [0.2, 0.25) is 0 Å². The number of aliphatic hydroxyl groups excluding tert-OH is 3. The van der Waals surface area contributed by atoms with Crippen LogP contribution in [0.15, 0.2) is 0 Å². The molecule has 4 unspecified atom stereocenters. The average molecular weight is 215 g/mol. The van der Waals surface area contributed by atoms with Crippen LogP contribution in [0.4, 0.5) is 0 Å². The van der Waals surface area contributed by atoms with Gasteiger partial charge in [0.1, 0.15) is 18.3 Å². The molecule has 84 valence electrons. The Morgan fingerprint density at radius 3 is 2.73 bits per heavy atom. The smallest absolute Gasteiger partial charge is 0.296 e. The first-order chi connectivity index (χ1) is 7.10. The number of aliphatic hydroxyl groups is 3. The SMILES string of the molecule is C#CC(=O)NC1COC(CO)C(O)C1O. The second-order valence-electron chi connectivity index (χ2n) is 3.26. The molecule has 1 heterocycles. The molecular formula is C9H13NO5. The molecule has 4 N–H and O–H groups in total. The van der Waals surface area contributed by atoms with Gasteiger partial charge in [0.25, 0.3) is 5.91 Å². The van der Waals surface area contributed by atoms with Crippen molar-refractivity contribution in [2.24, 2.45) is 0 Å². The zero-order valence-electron chi connectivity index (χ0n) is 7.96. The van der Waals surface area contributed by atoms with Gasteiger partial charge in [-0.15, -0.1) is 6.42 Å². The lowest BCUT2D eigenvalue weighted by atomic mass is 9.98. The van der Waals surface area contributed by atoms with E-state index in [2.05, 4.69) is 5.32 Å². The summed E-state index contributed by atoms with van der Waals surface area (Å²) in [6.07, 6.45) is 1.56. The lowest BCUT2D eigenvalue weighted by Gasteiger charge is -2.36. The van der Waals surface area contributed by atoms with Crippen LogP contribution in [-0.4, -0.2) is 58.8 Å². The van der Waals surface area contributed by atoms with E-state index in [1.807, 2.05) is 5.92 Å². The minimum atomic E-state index is -1.24. The first-order valence-corrected chi connectivity index (χ1v) is 4.45. The first-order valence-electron chi connectivity index (χ1n) is 4.45. The van der Waals surface area contributed by atoms with Crippen LogP contribution in [-0.2, 0) is 9.53 Å².